The summed E-state index contributed by atoms with van der Waals surface area (Å²) in [4.78, 5) is 17.6. The Hall–Kier alpha value is -1.39. The summed E-state index contributed by atoms with van der Waals surface area (Å²) >= 11 is 0. The Kier molecular flexibility index (Phi) is 2.20. The van der Waals surface area contributed by atoms with Crippen LogP contribution in [0.15, 0.2) is 9.98 Å². The van der Waals surface area contributed by atoms with Crippen LogP contribution in [0.2, 0.25) is 0 Å². The van der Waals surface area contributed by atoms with Crippen LogP contribution in [0.4, 0.5) is 4.79 Å². The van der Waals surface area contributed by atoms with Gasteiger partial charge in [0.25, 0.3) is 0 Å². The molecule has 0 aliphatic carbocycles. The molecule has 0 fully saturated rings. The normalized spacial score (nSPS) is 17.1. The van der Waals surface area contributed by atoms with Gasteiger partial charge in [-0.05, 0) is 0 Å². The molecule has 0 bridgehead atoms. The third kappa shape index (κ3) is 1.76. The zero-order chi connectivity index (χ0) is 8.27. The van der Waals surface area contributed by atoms with Gasteiger partial charge in [0.1, 0.15) is 6.42 Å². The fraction of sp³-hybridized carbons (Fsp3) is 0.500. The lowest BCUT2D eigenvalue weighted by atomic mass is 10.4. The molecule has 1 heterocycles. The van der Waals surface area contributed by atoms with Crippen molar-refractivity contribution >= 4 is 17.8 Å². The quantitative estimate of drug-likeness (QED) is 0.516. The van der Waals surface area contributed by atoms with Crippen molar-refractivity contribution in [1.29, 1.82) is 0 Å². The minimum absolute atomic E-state index is 0.335. The average Bonchev–Trinajstić information content (AvgIpc) is 2.03. The molecular weight excluding hydrogens is 148 g/mol. The lowest BCUT2D eigenvalue weighted by Gasteiger charge is -2.08. The molecule has 1 aliphatic rings. The first-order valence-electron chi connectivity index (χ1n) is 3.03. The molecule has 0 atom stereocenters. The zero-order valence-electron chi connectivity index (χ0n) is 6.33. The smallest absolute Gasteiger partial charge is 0.373 e. The van der Waals surface area contributed by atoms with Crippen molar-refractivity contribution in [3.8, 4) is 0 Å². The Bertz CT molecular complexity index is 210. The van der Waals surface area contributed by atoms with Gasteiger partial charge in [-0.2, -0.15) is 9.98 Å². The van der Waals surface area contributed by atoms with E-state index in [1.807, 2.05) is 0 Å². The van der Waals surface area contributed by atoms with E-state index in [1.54, 1.807) is 0 Å². The molecule has 0 aromatic carbocycles. The zero-order valence-corrected chi connectivity index (χ0v) is 6.33. The maximum atomic E-state index is 10.7. The summed E-state index contributed by atoms with van der Waals surface area (Å²) in [5.41, 5.74) is 0. The van der Waals surface area contributed by atoms with Crippen molar-refractivity contribution in [3.05, 3.63) is 0 Å². The van der Waals surface area contributed by atoms with Gasteiger partial charge in [-0.15, -0.1) is 0 Å². The standard InChI is InChI=1S/C6H8N2O3/c1-10-4-3-5(11-2)8-6(9)7-4/h3H2,1-2H3. The third-order valence-electron chi connectivity index (χ3n) is 1.21. The molecule has 1 aliphatic heterocycles. The van der Waals surface area contributed by atoms with E-state index >= 15 is 0 Å². The van der Waals surface area contributed by atoms with Crippen molar-refractivity contribution in [2.75, 3.05) is 14.2 Å². The van der Waals surface area contributed by atoms with Gasteiger partial charge in [0, 0.05) is 0 Å². The first-order valence-corrected chi connectivity index (χ1v) is 3.03. The number of rotatable bonds is 0. The van der Waals surface area contributed by atoms with E-state index in [9.17, 15) is 4.79 Å². The van der Waals surface area contributed by atoms with Gasteiger partial charge >= 0.3 is 6.03 Å². The van der Waals surface area contributed by atoms with Crippen LogP contribution in [-0.2, 0) is 9.47 Å². The molecule has 2 amide bonds. The lowest BCUT2D eigenvalue weighted by Crippen LogP contribution is -2.18. The highest BCUT2D eigenvalue weighted by Gasteiger charge is 2.15. The number of hydrogen-bond acceptors (Lipinski definition) is 3. The second-order valence-corrected chi connectivity index (χ2v) is 1.88. The molecule has 0 N–H and O–H groups in total. The Balaban J connectivity index is 2.72. The topological polar surface area (TPSA) is 60.2 Å². The number of amides is 2. The first-order chi connectivity index (χ1) is 5.26. The Morgan fingerprint density at radius 2 is 1.64 bits per heavy atom. The van der Waals surface area contributed by atoms with Crippen LogP contribution in [0.5, 0.6) is 0 Å². The van der Waals surface area contributed by atoms with Crippen LogP contribution in [0.25, 0.3) is 0 Å². The molecule has 5 heteroatoms. The van der Waals surface area contributed by atoms with Gasteiger partial charge in [0.15, 0.2) is 0 Å². The summed E-state index contributed by atoms with van der Waals surface area (Å²) in [7, 11) is 2.90. The van der Waals surface area contributed by atoms with Crippen LogP contribution < -0.4 is 0 Å². The number of hydrogen-bond donors (Lipinski definition) is 0. The van der Waals surface area contributed by atoms with Crippen molar-refractivity contribution in [3.63, 3.8) is 0 Å². The fourth-order valence-corrected chi connectivity index (χ4v) is 0.682. The molecule has 0 aromatic heterocycles. The van der Waals surface area contributed by atoms with Gasteiger partial charge in [-0.1, -0.05) is 0 Å². The van der Waals surface area contributed by atoms with Crippen molar-refractivity contribution in [1.82, 2.24) is 0 Å². The number of carbonyl (C=O) groups is 1. The maximum absolute atomic E-state index is 10.7. The van der Waals surface area contributed by atoms with Crippen molar-refractivity contribution in [2.45, 2.75) is 6.42 Å². The molecule has 5 nitrogen and oxygen atoms in total. The summed E-state index contributed by atoms with van der Waals surface area (Å²) in [6, 6.07) is -0.579. The van der Waals surface area contributed by atoms with Gasteiger partial charge in [-0.25, -0.2) is 4.79 Å². The van der Waals surface area contributed by atoms with E-state index < -0.39 is 6.03 Å². The van der Waals surface area contributed by atoms with Gasteiger partial charge < -0.3 is 9.47 Å². The Morgan fingerprint density at radius 1 is 1.18 bits per heavy atom. The second kappa shape index (κ2) is 3.14. The molecule has 0 saturated carbocycles. The number of nitrogens with zero attached hydrogens (tertiary/aromatic N) is 2. The molecule has 0 saturated heterocycles. The predicted molar refractivity (Wildman–Crippen MR) is 38.9 cm³/mol. The molecular formula is C6H8N2O3. The average molecular weight is 156 g/mol. The summed E-state index contributed by atoms with van der Waals surface area (Å²) in [5.74, 6) is 0.670. The minimum Gasteiger partial charge on any atom is -0.484 e. The highest BCUT2D eigenvalue weighted by atomic mass is 16.5. The monoisotopic (exact) mass is 156 g/mol. The third-order valence-corrected chi connectivity index (χ3v) is 1.21. The van der Waals surface area contributed by atoms with Crippen LogP contribution in [0.3, 0.4) is 0 Å². The van der Waals surface area contributed by atoms with E-state index in [4.69, 9.17) is 9.47 Å². The minimum atomic E-state index is -0.579. The maximum Gasteiger partial charge on any atom is 0.373 e. The number of urea groups is 1. The van der Waals surface area contributed by atoms with Gasteiger partial charge in [-0.3, -0.25) is 0 Å². The van der Waals surface area contributed by atoms with Crippen LogP contribution in [0, 0.1) is 0 Å². The first kappa shape index (κ1) is 7.71. The molecule has 60 valence electrons. The summed E-state index contributed by atoms with van der Waals surface area (Å²) in [6.45, 7) is 0. The Labute approximate surface area is 63.7 Å². The van der Waals surface area contributed by atoms with Gasteiger partial charge in [0.05, 0.1) is 14.2 Å². The molecule has 0 radical (unpaired) electrons. The molecule has 0 aromatic rings. The van der Waals surface area contributed by atoms with E-state index in [0.29, 0.717) is 18.2 Å². The SMILES string of the molecule is COC1=NC(=O)N=C(OC)C1. The second-order valence-electron chi connectivity index (χ2n) is 1.88. The fourth-order valence-electron chi connectivity index (χ4n) is 0.682. The summed E-state index contributed by atoms with van der Waals surface area (Å²) in [6.07, 6.45) is 0.346. The summed E-state index contributed by atoms with van der Waals surface area (Å²) < 4.78 is 9.52. The van der Waals surface area contributed by atoms with Crippen LogP contribution in [-0.4, -0.2) is 32.0 Å². The van der Waals surface area contributed by atoms with E-state index in [-0.39, 0.29) is 0 Å². The number of methoxy groups -OCH3 is 2. The van der Waals surface area contributed by atoms with Crippen molar-refractivity contribution < 1.29 is 14.3 Å². The summed E-state index contributed by atoms with van der Waals surface area (Å²) in [5, 5.41) is 0. The molecule has 1 rings (SSSR count). The molecule has 11 heavy (non-hydrogen) atoms. The van der Waals surface area contributed by atoms with Crippen molar-refractivity contribution in [2.24, 2.45) is 9.98 Å². The highest BCUT2D eigenvalue weighted by molar-refractivity contribution is 6.09. The largest absolute Gasteiger partial charge is 0.484 e. The Morgan fingerprint density at radius 3 is 2.00 bits per heavy atom. The van der Waals surface area contributed by atoms with Crippen LogP contribution >= 0.6 is 0 Å². The molecule has 0 unspecified atom stereocenters. The lowest BCUT2D eigenvalue weighted by molar-refractivity contribution is 0.254. The van der Waals surface area contributed by atoms with E-state index in [1.165, 1.54) is 14.2 Å². The molecule has 0 spiro atoms. The van der Waals surface area contributed by atoms with E-state index in [0.717, 1.165) is 0 Å². The number of aliphatic imine (C=N–C) groups is 2. The number of ether oxygens (including phenoxy) is 2. The van der Waals surface area contributed by atoms with Gasteiger partial charge in [0.2, 0.25) is 11.8 Å². The van der Waals surface area contributed by atoms with E-state index in [2.05, 4.69) is 9.98 Å². The van der Waals surface area contributed by atoms with Crippen LogP contribution in [0.1, 0.15) is 6.42 Å². The number of carbonyl (C=O) groups excluding carboxylic acids is 1. The predicted octanol–water partition coefficient (Wildman–Crippen LogP) is 0.600. The highest BCUT2D eigenvalue weighted by Crippen LogP contribution is 2.02.